The van der Waals surface area contributed by atoms with Crippen molar-refractivity contribution in [3.63, 3.8) is 0 Å². The number of amides is 1. The Labute approximate surface area is 128 Å². The van der Waals surface area contributed by atoms with Gasteiger partial charge in [0.1, 0.15) is 5.82 Å². The molecule has 21 heavy (non-hydrogen) atoms. The average Bonchev–Trinajstić information content (AvgIpc) is 2.33. The van der Waals surface area contributed by atoms with Gasteiger partial charge in [-0.1, -0.05) is 31.5 Å². The van der Waals surface area contributed by atoms with Crippen LogP contribution >= 0.6 is 11.6 Å². The predicted octanol–water partition coefficient (Wildman–Crippen LogP) is 1.84. The van der Waals surface area contributed by atoms with Gasteiger partial charge >= 0.3 is 0 Å². The zero-order chi connectivity index (χ0) is 16.2. The summed E-state index contributed by atoms with van der Waals surface area (Å²) in [7, 11) is -3.46. The smallest absolute Gasteiger partial charge is 0.235 e. The second-order valence-electron chi connectivity index (χ2n) is 5.05. The van der Waals surface area contributed by atoms with E-state index < -0.39 is 34.3 Å². The van der Waals surface area contributed by atoms with E-state index in [2.05, 4.69) is 10.0 Å². The molecule has 0 saturated carbocycles. The fourth-order valence-electron chi connectivity index (χ4n) is 1.78. The molecular weight excluding hydrogens is 319 g/mol. The highest BCUT2D eigenvalue weighted by atomic mass is 35.5. The third-order valence-corrected chi connectivity index (χ3v) is 3.68. The Morgan fingerprint density at radius 2 is 2.00 bits per heavy atom. The first kappa shape index (κ1) is 17.9. The number of nitrogens with one attached hydrogen (secondary N) is 2. The maximum atomic E-state index is 13.9. The first-order valence-electron chi connectivity index (χ1n) is 6.29. The van der Waals surface area contributed by atoms with Crippen LogP contribution in [0.3, 0.4) is 0 Å². The Morgan fingerprint density at radius 1 is 1.38 bits per heavy atom. The van der Waals surface area contributed by atoms with Crippen molar-refractivity contribution in [2.24, 2.45) is 5.92 Å². The molecule has 1 aromatic carbocycles. The van der Waals surface area contributed by atoms with Gasteiger partial charge in [0.15, 0.2) is 0 Å². The molecule has 5 nitrogen and oxygen atoms in total. The first-order chi connectivity index (χ1) is 9.60. The number of benzene rings is 1. The summed E-state index contributed by atoms with van der Waals surface area (Å²) in [6, 6.07) is 3.65. The van der Waals surface area contributed by atoms with Crippen LogP contribution in [0.4, 0.5) is 4.39 Å². The second-order valence-corrected chi connectivity index (χ2v) is 7.32. The van der Waals surface area contributed by atoms with E-state index in [-0.39, 0.29) is 10.9 Å². The fourth-order valence-corrected chi connectivity index (χ4v) is 2.33. The molecule has 1 unspecified atom stereocenters. The summed E-state index contributed by atoms with van der Waals surface area (Å²) in [6.07, 6.45) is 0.957. The van der Waals surface area contributed by atoms with Gasteiger partial charge in [-0.15, -0.1) is 0 Å². The van der Waals surface area contributed by atoms with E-state index in [0.29, 0.717) is 5.56 Å². The van der Waals surface area contributed by atoms with Crippen molar-refractivity contribution in [2.75, 3.05) is 12.8 Å². The van der Waals surface area contributed by atoms with Crippen molar-refractivity contribution in [3.05, 3.63) is 34.6 Å². The number of halogens is 2. The molecule has 0 heterocycles. The highest BCUT2D eigenvalue weighted by Gasteiger charge is 2.22. The SMILES string of the molecule is CC(C)C(NC(=O)CNS(C)(=O)=O)c1ccc(Cl)cc1F. The van der Waals surface area contributed by atoms with Crippen LogP contribution in [-0.2, 0) is 14.8 Å². The number of hydrogen-bond donors (Lipinski definition) is 2. The Morgan fingerprint density at radius 3 is 2.48 bits per heavy atom. The highest BCUT2D eigenvalue weighted by Crippen LogP contribution is 2.26. The summed E-state index contributed by atoms with van der Waals surface area (Å²) in [5, 5.41) is 2.88. The molecule has 0 radical (unpaired) electrons. The number of hydrogen-bond acceptors (Lipinski definition) is 3. The monoisotopic (exact) mass is 336 g/mol. The van der Waals surface area contributed by atoms with Crippen LogP contribution in [0.25, 0.3) is 0 Å². The minimum Gasteiger partial charge on any atom is -0.348 e. The van der Waals surface area contributed by atoms with Gasteiger partial charge in [0.25, 0.3) is 0 Å². The van der Waals surface area contributed by atoms with E-state index >= 15 is 0 Å². The van der Waals surface area contributed by atoms with Gasteiger partial charge < -0.3 is 5.32 Å². The summed E-state index contributed by atoms with van der Waals surface area (Å²) >= 11 is 5.70. The molecule has 0 bridgehead atoms. The summed E-state index contributed by atoms with van der Waals surface area (Å²) in [5.41, 5.74) is 0.308. The number of carbonyl (C=O) groups excluding carboxylic acids is 1. The molecule has 0 fully saturated rings. The zero-order valence-corrected chi connectivity index (χ0v) is 13.6. The lowest BCUT2D eigenvalue weighted by Crippen LogP contribution is -2.40. The minimum absolute atomic E-state index is 0.0807. The molecule has 1 amide bonds. The fraction of sp³-hybridized carbons (Fsp3) is 0.462. The van der Waals surface area contributed by atoms with Gasteiger partial charge in [0, 0.05) is 10.6 Å². The van der Waals surface area contributed by atoms with Crippen molar-refractivity contribution in [3.8, 4) is 0 Å². The van der Waals surface area contributed by atoms with E-state index in [1.807, 2.05) is 13.8 Å². The van der Waals surface area contributed by atoms with Gasteiger partial charge in [0.2, 0.25) is 15.9 Å². The number of rotatable bonds is 6. The third-order valence-electron chi connectivity index (χ3n) is 2.78. The molecule has 0 aromatic heterocycles. The van der Waals surface area contributed by atoms with Crippen LogP contribution in [0.15, 0.2) is 18.2 Å². The molecule has 0 aliphatic rings. The molecule has 0 saturated heterocycles. The topological polar surface area (TPSA) is 75.3 Å². The normalized spacial score (nSPS) is 13.2. The van der Waals surface area contributed by atoms with Crippen LogP contribution < -0.4 is 10.0 Å². The van der Waals surface area contributed by atoms with Crippen LogP contribution in [0.5, 0.6) is 0 Å². The van der Waals surface area contributed by atoms with E-state index in [4.69, 9.17) is 11.6 Å². The summed E-state index contributed by atoms with van der Waals surface area (Å²) in [6.45, 7) is 3.25. The number of carbonyl (C=O) groups is 1. The van der Waals surface area contributed by atoms with Crippen molar-refractivity contribution >= 4 is 27.5 Å². The molecule has 0 aliphatic carbocycles. The number of sulfonamides is 1. The summed E-state index contributed by atoms with van der Waals surface area (Å²) < 4.78 is 37.9. The molecule has 118 valence electrons. The van der Waals surface area contributed by atoms with Gasteiger partial charge in [0.05, 0.1) is 18.8 Å². The largest absolute Gasteiger partial charge is 0.348 e. The summed E-state index contributed by atoms with van der Waals surface area (Å²) in [4.78, 5) is 11.8. The van der Waals surface area contributed by atoms with Gasteiger partial charge in [-0.3, -0.25) is 4.79 Å². The molecular formula is C13H18ClFN2O3S. The standard InChI is InChI=1S/C13H18ClFN2O3S/c1-8(2)13(10-5-4-9(14)6-11(10)15)17-12(18)7-16-21(3,19)20/h4-6,8,13,16H,7H2,1-3H3,(H,17,18). The maximum absolute atomic E-state index is 13.9. The highest BCUT2D eigenvalue weighted by molar-refractivity contribution is 7.88. The minimum atomic E-state index is -3.46. The molecule has 1 rings (SSSR count). The van der Waals surface area contributed by atoms with Crippen LogP contribution in [0, 0.1) is 11.7 Å². The molecule has 0 spiro atoms. The molecule has 1 aromatic rings. The van der Waals surface area contributed by atoms with Gasteiger partial charge in [-0.2, -0.15) is 0 Å². The van der Waals surface area contributed by atoms with Crippen molar-refractivity contribution in [1.82, 2.24) is 10.0 Å². The van der Waals surface area contributed by atoms with Crippen LogP contribution in [0.2, 0.25) is 5.02 Å². The third kappa shape index (κ3) is 5.99. The molecule has 0 aliphatic heterocycles. The maximum Gasteiger partial charge on any atom is 0.235 e. The lowest BCUT2D eigenvalue weighted by atomic mass is 9.95. The lowest BCUT2D eigenvalue weighted by molar-refractivity contribution is -0.121. The quantitative estimate of drug-likeness (QED) is 0.832. The first-order valence-corrected chi connectivity index (χ1v) is 8.56. The van der Waals surface area contributed by atoms with Crippen LogP contribution in [0.1, 0.15) is 25.5 Å². The predicted molar refractivity (Wildman–Crippen MR) is 80.0 cm³/mol. The second kappa shape index (κ2) is 7.20. The van der Waals surface area contributed by atoms with E-state index in [0.717, 1.165) is 6.26 Å². The Bertz CT molecular complexity index is 620. The van der Waals surface area contributed by atoms with E-state index in [1.165, 1.54) is 18.2 Å². The van der Waals surface area contributed by atoms with Gasteiger partial charge in [-0.05, 0) is 18.1 Å². The zero-order valence-electron chi connectivity index (χ0n) is 12.0. The average molecular weight is 337 g/mol. The Kier molecular flexibility index (Phi) is 6.12. The molecule has 1 atom stereocenters. The Hall–Kier alpha value is -1.18. The van der Waals surface area contributed by atoms with Gasteiger partial charge in [-0.25, -0.2) is 17.5 Å². The molecule has 2 N–H and O–H groups in total. The van der Waals surface area contributed by atoms with Crippen LogP contribution in [-0.4, -0.2) is 27.1 Å². The molecule has 8 heteroatoms. The van der Waals surface area contributed by atoms with Crippen molar-refractivity contribution < 1.29 is 17.6 Å². The lowest BCUT2D eigenvalue weighted by Gasteiger charge is -2.23. The summed E-state index contributed by atoms with van der Waals surface area (Å²) in [5.74, 6) is -1.13. The van der Waals surface area contributed by atoms with Crippen molar-refractivity contribution in [1.29, 1.82) is 0 Å². The van der Waals surface area contributed by atoms with Crippen molar-refractivity contribution in [2.45, 2.75) is 19.9 Å². The van der Waals surface area contributed by atoms with E-state index in [1.54, 1.807) is 0 Å². The Balaban J connectivity index is 2.85. The van der Waals surface area contributed by atoms with E-state index in [9.17, 15) is 17.6 Å².